The lowest BCUT2D eigenvalue weighted by molar-refractivity contribution is 0.0632. The number of carbonyl (C=O) groups is 1. The zero-order chi connectivity index (χ0) is 14.3. The van der Waals surface area contributed by atoms with Crippen molar-refractivity contribution < 1.29 is 4.79 Å². The molecule has 0 radical (unpaired) electrons. The summed E-state index contributed by atoms with van der Waals surface area (Å²) in [5.41, 5.74) is 1.57. The Morgan fingerprint density at radius 2 is 2.05 bits per heavy atom. The van der Waals surface area contributed by atoms with Crippen LogP contribution in [0.1, 0.15) is 41.8 Å². The van der Waals surface area contributed by atoms with Crippen molar-refractivity contribution in [1.82, 2.24) is 19.4 Å². The van der Waals surface area contributed by atoms with Gasteiger partial charge in [-0.1, -0.05) is 13.8 Å². The van der Waals surface area contributed by atoms with Crippen LogP contribution in [-0.2, 0) is 13.6 Å². The first-order chi connectivity index (χ1) is 9.59. The minimum atomic E-state index is -0.0308. The van der Waals surface area contributed by atoms with Crippen molar-refractivity contribution >= 4 is 5.91 Å². The van der Waals surface area contributed by atoms with Crippen LogP contribution in [0.3, 0.4) is 0 Å². The highest BCUT2D eigenvalue weighted by Crippen LogP contribution is 2.34. The lowest BCUT2D eigenvalue weighted by atomic mass is 10.0. The van der Waals surface area contributed by atoms with Gasteiger partial charge in [-0.25, -0.2) is 4.98 Å². The molecule has 1 amide bonds. The quantitative estimate of drug-likeness (QED) is 0.859. The number of pyridine rings is 1. The van der Waals surface area contributed by atoms with Crippen molar-refractivity contribution in [2.75, 3.05) is 0 Å². The highest BCUT2D eigenvalue weighted by Gasteiger charge is 2.37. The average Bonchev–Trinajstić information content (AvgIpc) is 2.97. The maximum absolute atomic E-state index is 12.6. The summed E-state index contributed by atoms with van der Waals surface area (Å²) in [4.78, 5) is 23.2. The number of rotatable bonds is 3. The first kappa shape index (κ1) is 12.8. The molecule has 104 valence electrons. The Bertz CT molecular complexity index is 647. The lowest BCUT2D eigenvalue weighted by Crippen LogP contribution is -2.34. The van der Waals surface area contributed by atoms with Crippen LogP contribution in [0.4, 0.5) is 0 Å². The van der Waals surface area contributed by atoms with E-state index in [4.69, 9.17) is 0 Å². The molecule has 5 heteroatoms. The fourth-order valence-corrected chi connectivity index (χ4v) is 2.83. The summed E-state index contributed by atoms with van der Waals surface area (Å²) in [6.07, 6.45) is 5.42. The SMILES string of the molecule is CC(C)[C@H](c1nccn1C)N1Cc2ncccc2C1=O. The number of aromatic nitrogens is 3. The van der Waals surface area contributed by atoms with Gasteiger partial charge in [-0.3, -0.25) is 9.78 Å². The standard InChI is InChI=1S/C15H18N4O/c1-10(2)13(14-17-7-8-18(14)3)19-9-12-11(15(19)20)5-4-6-16-12/h4-8,10,13H,9H2,1-3H3/t13-/m1/s1. The highest BCUT2D eigenvalue weighted by molar-refractivity contribution is 5.97. The third-order valence-electron chi connectivity index (χ3n) is 3.79. The van der Waals surface area contributed by atoms with Crippen molar-refractivity contribution in [3.63, 3.8) is 0 Å². The van der Waals surface area contributed by atoms with Gasteiger partial charge in [0.05, 0.1) is 23.8 Å². The molecule has 3 rings (SSSR count). The zero-order valence-electron chi connectivity index (χ0n) is 11.9. The van der Waals surface area contributed by atoms with Crippen molar-refractivity contribution in [3.05, 3.63) is 47.8 Å². The normalized spacial score (nSPS) is 15.8. The van der Waals surface area contributed by atoms with Crippen LogP contribution in [0.5, 0.6) is 0 Å². The average molecular weight is 270 g/mol. The highest BCUT2D eigenvalue weighted by atomic mass is 16.2. The van der Waals surface area contributed by atoms with Gasteiger partial charge in [0, 0.05) is 25.6 Å². The zero-order valence-corrected chi connectivity index (χ0v) is 11.9. The van der Waals surface area contributed by atoms with E-state index in [0.717, 1.165) is 11.5 Å². The Balaban J connectivity index is 2.00. The molecule has 0 saturated heterocycles. The summed E-state index contributed by atoms with van der Waals surface area (Å²) in [6, 6.07) is 3.63. The van der Waals surface area contributed by atoms with Gasteiger partial charge in [-0.15, -0.1) is 0 Å². The minimum absolute atomic E-state index is 0.0308. The number of fused-ring (bicyclic) bond motifs is 1. The molecule has 0 N–H and O–H groups in total. The van der Waals surface area contributed by atoms with Crippen LogP contribution in [0.15, 0.2) is 30.7 Å². The van der Waals surface area contributed by atoms with E-state index in [0.29, 0.717) is 12.1 Å². The molecule has 0 saturated carbocycles. The first-order valence-corrected chi connectivity index (χ1v) is 6.81. The molecule has 5 nitrogen and oxygen atoms in total. The van der Waals surface area contributed by atoms with E-state index in [1.165, 1.54) is 0 Å². The second kappa shape index (κ2) is 4.74. The Kier molecular flexibility index (Phi) is 3.04. The van der Waals surface area contributed by atoms with Gasteiger partial charge < -0.3 is 9.47 Å². The Morgan fingerprint density at radius 1 is 1.25 bits per heavy atom. The van der Waals surface area contributed by atoms with Gasteiger partial charge in [0.1, 0.15) is 5.82 Å². The van der Waals surface area contributed by atoms with Crippen LogP contribution in [0.25, 0.3) is 0 Å². The van der Waals surface area contributed by atoms with Gasteiger partial charge in [-0.2, -0.15) is 0 Å². The largest absolute Gasteiger partial charge is 0.336 e. The van der Waals surface area contributed by atoms with Gasteiger partial charge in [0.2, 0.25) is 0 Å². The molecule has 0 fully saturated rings. The number of aryl methyl sites for hydroxylation is 1. The van der Waals surface area contributed by atoms with E-state index in [9.17, 15) is 4.79 Å². The van der Waals surface area contributed by atoms with Crippen LogP contribution in [-0.4, -0.2) is 25.3 Å². The molecule has 0 unspecified atom stereocenters. The van der Waals surface area contributed by atoms with Crippen LogP contribution >= 0.6 is 0 Å². The molecule has 3 heterocycles. The molecule has 0 aliphatic carbocycles. The molecule has 2 aromatic rings. The molecule has 0 aromatic carbocycles. The molecule has 1 aliphatic rings. The van der Waals surface area contributed by atoms with E-state index < -0.39 is 0 Å². The van der Waals surface area contributed by atoms with E-state index in [-0.39, 0.29) is 17.9 Å². The van der Waals surface area contributed by atoms with Gasteiger partial charge in [0.25, 0.3) is 5.91 Å². The number of carbonyl (C=O) groups excluding carboxylic acids is 1. The fourth-order valence-electron chi connectivity index (χ4n) is 2.83. The molecule has 1 atom stereocenters. The maximum Gasteiger partial charge on any atom is 0.256 e. The molecular weight excluding hydrogens is 252 g/mol. The van der Waals surface area contributed by atoms with Gasteiger partial charge >= 0.3 is 0 Å². The number of hydrogen-bond acceptors (Lipinski definition) is 3. The number of nitrogens with zero attached hydrogens (tertiary/aromatic N) is 4. The predicted molar refractivity (Wildman–Crippen MR) is 74.9 cm³/mol. The number of amides is 1. The van der Waals surface area contributed by atoms with Gasteiger partial charge in [0.15, 0.2) is 0 Å². The van der Waals surface area contributed by atoms with Crippen LogP contribution < -0.4 is 0 Å². The third kappa shape index (κ3) is 1.90. The van der Waals surface area contributed by atoms with Crippen LogP contribution in [0.2, 0.25) is 0 Å². The Labute approximate surface area is 118 Å². The monoisotopic (exact) mass is 270 g/mol. The second-order valence-electron chi connectivity index (χ2n) is 5.52. The smallest absolute Gasteiger partial charge is 0.256 e. The third-order valence-corrected chi connectivity index (χ3v) is 3.79. The van der Waals surface area contributed by atoms with Crippen molar-refractivity contribution in [3.8, 4) is 0 Å². The topological polar surface area (TPSA) is 51.0 Å². The minimum Gasteiger partial charge on any atom is -0.336 e. The van der Waals surface area contributed by atoms with Crippen molar-refractivity contribution in [1.29, 1.82) is 0 Å². The molecule has 20 heavy (non-hydrogen) atoms. The molecule has 1 aliphatic heterocycles. The Hall–Kier alpha value is -2.17. The summed E-state index contributed by atoms with van der Waals surface area (Å²) in [6.45, 7) is 4.79. The number of imidazole rings is 1. The summed E-state index contributed by atoms with van der Waals surface area (Å²) in [7, 11) is 1.96. The summed E-state index contributed by atoms with van der Waals surface area (Å²) >= 11 is 0. The van der Waals surface area contributed by atoms with E-state index in [1.54, 1.807) is 12.4 Å². The second-order valence-corrected chi connectivity index (χ2v) is 5.52. The fraction of sp³-hybridized carbons (Fsp3) is 0.400. The summed E-state index contributed by atoms with van der Waals surface area (Å²) in [5.74, 6) is 1.25. The van der Waals surface area contributed by atoms with E-state index >= 15 is 0 Å². The Morgan fingerprint density at radius 3 is 2.65 bits per heavy atom. The van der Waals surface area contributed by atoms with Crippen molar-refractivity contribution in [2.45, 2.75) is 26.4 Å². The van der Waals surface area contributed by atoms with E-state index in [2.05, 4.69) is 23.8 Å². The predicted octanol–water partition coefficient (Wildman–Crippen LogP) is 2.17. The first-order valence-electron chi connectivity index (χ1n) is 6.81. The number of hydrogen-bond donors (Lipinski definition) is 0. The maximum atomic E-state index is 12.6. The summed E-state index contributed by atoms with van der Waals surface area (Å²) in [5, 5.41) is 0. The molecule has 0 spiro atoms. The molecule has 2 aromatic heterocycles. The van der Waals surface area contributed by atoms with Crippen LogP contribution in [0, 0.1) is 5.92 Å². The van der Waals surface area contributed by atoms with E-state index in [1.807, 2.05) is 34.8 Å². The molecular formula is C15H18N4O. The lowest BCUT2D eigenvalue weighted by Gasteiger charge is -2.30. The van der Waals surface area contributed by atoms with Crippen molar-refractivity contribution in [2.24, 2.45) is 13.0 Å². The summed E-state index contributed by atoms with van der Waals surface area (Å²) < 4.78 is 1.98. The molecule has 0 bridgehead atoms. The van der Waals surface area contributed by atoms with Gasteiger partial charge in [-0.05, 0) is 18.1 Å².